The molecule has 2 aliphatic heterocycles. The number of nitrogens with zero attached hydrogens (tertiary/aromatic N) is 3. The summed E-state index contributed by atoms with van der Waals surface area (Å²) in [7, 11) is 0. The molecular weight excluding hydrogens is 483 g/mol. The molecule has 1 N–H and O–H groups in total. The van der Waals surface area contributed by atoms with Gasteiger partial charge in [-0.2, -0.15) is 18.2 Å². The number of benzene rings is 1. The lowest BCUT2D eigenvalue weighted by Crippen LogP contribution is -2.43. The summed E-state index contributed by atoms with van der Waals surface area (Å²) in [5.74, 6) is -0.949. The van der Waals surface area contributed by atoms with Crippen LogP contribution in [0.1, 0.15) is 31.7 Å². The summed E-state index contributed by atoms with van der Waals surface area (Å²) in [5, 5.41) is 2.89. The molecule has 2 bridgehead atoms. The molecule has 0 aliphatic carbocycles. The standard InChI is InChI=1S/C18H17BrClF5N4/c1-7(21)6-26-11-4-8-2-3-12(11)29(8)16-9-5-10(18(23,24)25)13(19)14(22)15(9)27-17(20)28-16/h5,7-8,11-12,26H,2-4,6H2,1H3/t7?,8-,11?,12+/m1/s1. The fraction of sp³-hybridized carbons (Fsp3) is 0.556. The average Bonchev–Trinajstić information content (AvgIpc) is 3.19. The summed E-state index contributed by atoms with van der Waals surface area (Å²) < 4.78 is 67.6. The number of aromatic nitrogens is 2. The Kier molecular flexibility index (Phi) is 5.40. The van der Waals surface area contributed by atoms with E-state index in [0.717, 1.165) is 18.9 Å². The van der Waals surface area contributed by atoms with Crippen LogP contribution < -0.4 is 10.2 Å². The van der Waals surface area contributed by atoms with E-state index < -0.39 is 28.2 Å². The SMILES string of the molecule is CC(F)CNC1C[C@H]2CC[C@@H]1N2c1nc(Cl)nc2c(F)c(Br)c(C(F)(F)F)cc12. The fourth-order valence-corrected chi connectivity index (χ4v) is 5.11. The van der Waals surface area contributed by atoms with Crippen molar-refractivity contribution in [2.24, 2.45) is 0 Å². The second-order valence-corrected chi connectivity index (χ2v) is 8.63. The Balaban J connectivity index is 1.83. The molecule has 0 radical (unpaired) electrons. The minimum atomic E-state index is -4.75. The van der Waals surface area contributed by atoms with Crippen molar-refractivity contribution in [2.75, 3.05) is 11.4 Å². The van der Waals surface area contributed by atoms with Crippen molar-refractivity contribution in [2.45, 2.75) is 56.7 Å². The van der Waals surface area contributed by atoms with Crippen LogP contribution in [0.5, 0.6) is 0 Å². The molecule has 2 fully saturated rings. The monoisotopic (exact) mass is 498 g/mol. The van der Waals surface area contributed by atoms with Crippen LogP contribution in [0.25, 0.3) is 10.9 Å². The van der Waals surface area contributed by atoms with Crippen molar-refractivity contribution in [3.63, 3.8) is 0 Å². The molecule has 0 saturated carbocycles. The molecule has 3 heterocycles. The summed E-state index contributed by atoms with van der Waals surface area (Å²) in [6.07, 6.45) is -3.47. The molecule has 4 atom stereocenters. The number of hydrogen-bond acceptors (Lipinski definition) is 4. The zero-order chi connectivity index (χ0) is 21.1. The summed E-state index contributed by atoms with van der Waals surface area (Å²) >= 11 is 8.68. The van der Waals surface area contributed by atoms with Crippen LogP contribution in [0.4, 0.5) is 27.8 Å². The molecular formula is C18H17BrClF5N4. The molecule has 4 rings (SSSR count). The zero-order valence-corrected chi connectivity index (χ0v) is 17.5. The largest absolute Gasteiger partial charge is 0.417 e. The van der Waals surface area contributed by atoms with Crippen molar-refractivity contribution < 1.29 is 22.0 Å². The van der Waals surface area contributed by atoms with Gasteiger partial charge in [-0.15, -0.1) is 0 Å². The number of anilines is 1. The summed E-state index contributed by atoms with van der Waals surface area (Å²) in [5.41, 5.74) is -1.41. The van der Waals surface area contributed by atoms with E-state index in [4.69, 9.17) is 11.6 Å². The Morgan fingerprint density at radius 2 is 2.07 bits per heavy atom. The highest BCUT2D eigenvalue weighted by atomic mass is 79.9. The van der Waals surface area contributed by atoms with Gasteiger partial charge in [-0.3, -0.25) is 0 Å². The van der Waals surface area contributed by atoms with Gasteiger partial charge in [0, 0.05) is 30.1 Å². The predicted octanol–water partition coefficient (Wildman–Crippen LogP) is 5.26. The lowest BCUT2D eigenvalue weighted by molar-refractivity contribution is -0.138. The van der Waals surface area contributed by atoms with Gasteiger partial charge < -0.3 is 10.2 Å². The predicted molar refractivity (Wildman–Crippen MR) is 103 cm³/mol. The first kappa shape index (κ1) is 21.0. The fourth-order valence-electron chi connectivity index (χ4n) is 4.42. The van der Waals surface area contributed by atoms with E-state index in [1.165, 1.54) is 6.92 Å². The van der Waals surface area contributed by atoms with Gasteiger partial charge in [-0.25, -0.2) is 13.8 Å². The van der Waals surface area contributed by atoms with E-state index in [9.17, 15) is 22.0 Å². The lowest BCUT2D eigenvalue weighted by Gasteiger charge is -2.27. The van der Waals surface area contributed by atoms with Crippen molar-refractivity contribution in [1.29, 1.82) is 0 Å². The Morgan fingerprint density at radius 1 is 1.34 bits per heavy atom. The normalized spacial score (nSPS) is 25.2. The Bertz CT molecular complexity index is 954. The second-order valence-electron chi connectivity index (χ2n) is 7.50. The highest BCUT2D eigenvalue weighted by Gasteiger charge is 2.47. The van der Waals surface area contributed by atoms with Crippen LogP contribution in [0.15, 0.2) is 10.5 Å². The number of hydrogen-bond donors (Lipinski definition) is 1. The molecule has 158 valence electrons. The minimum Gasteiger partial charge on any atom is -0.348 e. The van der Waals surface area contributed by atoms with E-state index in [1.807, 2.05) is 4.90 Å². The third-order valence-corrected chi connectivity index (χ3v) is 6.52. The van der Waals surface area contributed by atoms with Crippen molar-refractivity contribution in [3.8, 4) is 0 Å². The van der Waals surface area contributed by atoms with Crippen LogP contribution in [0.3, 0.4) is 0 Å². The van der Waals surface area contributed by atoms with Gasteiger partial charge in [0.2, 0.25) is 5.28 Å². The van der Waals surface area contributed by atoms with Gasteiger partial charge in [0.15, 0.2) is 5.82 Å². The Labute approximate surface area is 176 Å². The van der Waals surface area contributed by atoms with Crippen LogP contribution >= 0.6 is 27.5 Å². The van der Waals surface area contributed by atoms with Crippen LogP contribution in [-0.4, -0.2) is 40.8 Å². The smallest absolute Gasteiger partial charge is 0.348 e. The lowest BCUT2D eigenvalue weighted by atomic mass is 9.95. The zero-order valence-electron chi connectivity index (χ0n) is 15.2. The van der Waals surface area contributed by atoms with E-state index in [1.54, 1.807) is 0 Å². The number of alkyl halides is 4. The van der Waals surface area contributed by atoms with Crippen molar-refractivity contribution in [1.82, 2.24) is 15.3 Å². The first-order valence-electron chi connectivity index (χ1n) is 9.16. The van der Waals surface area contributed by atoms with E-state index in [0.29, 0.717) is 6.42 Å². The topological polar surface area (TPSA) is 41.0 Å². The third-order valence-electron chi connectivity index (χ3n) is 5.57. The molecule has 2 unspecified atom stereocenters. The summed E-state index contributed by atoms with van der Waals surface area (Å²) in [6, 6.07) is 0.743. The van der Waals surface area contributed by atoms with E-state index in [2.05, 4.69) is 31.2 Å². The Hall–Kier alpha value is -1.26. The quantitative estimate of drug-likeness (QED) is 0.460. The molecule has 0 spiro atoms. The molecule has 1 aromatic carbocycles. The van der Waals surface area contributed by atoms with Crippen LogP contribution in [0, 0.1) is 5.82 Å². The molecule has 2 saturated heterocycles. The van der Waals surface area contributed by atoms with Crippen molar-refractivity contribution in [3.05, 3.63) is 27.2 Å². The number of nitrogens with one attached hydrogen (secondary N) is 1. The van der Waals surface area contributed by atoms with Crippen LogP contribution in [-0.2, 0) is 6.18 Å². The molecule has 2 aromatic rings. The third kappa shape index (κ3) is 3.67. The first-order chi connectivity index (χ1) is 13.6. The highest BCUT2D eigenvalue weighted by molar-refractivity contribution is 9.10. The molecule has 29 heavy (non-hydrogen) atoms. The minimum absolute atomic E-state index is 0.00243. The average molecular weight is 500 g/mol. The molecule has 4 nitrogen and oxygen atoms in total. The summed E-state index contributed by atoms with van der Waals surface area (Å²) in [4.78, 5) is 9.90. The first-order valence-corrected chi connectivity index (χ1v) is 10.3. The molecule has 11 heteroatoms. The molecule has 0 amide bonds. The number of rotatable bonds is 4. The maximum Gasteiger partial charge on any atom is 0.417 e. The van der Waals surface area contributed by atoms with E-state index >= 15 is 0 Å². The second kappa shape index (κ2) is 7.46. The van der Waals surface area contributed by atoms with Gasteiger partial charge in [0.1, 0.15) is 17.5 Å². The van der Waals surface area contributed by atoms with Crippen molar-refractivity contribution >= 4 is 44.3 Å². The Morgan fingerprint density at radius 3 is 2.72 bits per heavy atom. The van der Waals surface area contributed by atoms with E-state index in [-0.39, 0.29) is 46.7 Å². The number of halogens is 7. The van der Waals surface area contributed by atoms with Gasteiger partial charge in [-0.05, 0) is 59.8 Å². The maximum atomic E-state index is 14.8. The molecule has 2 aliphatic rings. The molecule has 1 aromatic heterocycles. The van der Waals surface area contributed by atoms with Gasteiger partial charge in [0.05, 0.1) is 10.0 Å². The van der Waals surface area contributed by atoms with Gasteiger partial charge in [-0.1, -0.05) is 0 Å². The maximum absolute atomic E-state index is 14.8. The summed E-state index contributed by atoms with van der Waals surface area (Å²) in [6.45, 7) is 1.64. The van der Waals surface area contributed by atoms with Gasteiger partial charge in [0.25, 0.3) is 0 Å². The van der Waals surface area contributed by atoms with Gasteiger partial charge >= 0.3 is 6.18 Å². The number of fused-ring (bicyclic) bond motifs is 3. The van der Waals surface area contributed by atoms with Crippen LogP contribution in [0.2, 0.25) is 5.28 Å². The highest BCUT2D eigenvalue weighted by Crippen LogP contribution is 2.46.